The number of hydrogen-bond acceptors (Lipinski definition) is 3. The molecule has 0 spiro atoms. The highest BCUT2D eigenvalue weighted by Crippen LogP contribution is 2.07. The van der Waals surface area contributed by atoms with Crippen molar-refractivity contribution in [1.29, 1.82) is 10.8 Å². The number of rotatable bonds is 4. The van der Waals surface area contributed by atoms with Crippen molar-refractivity contribution in [1.82, 2.24) is 4.57 Å². The van der Waals surface area contributed by atoms with E-state index < -0.39 is 11.9 Å². The number of pyridine rings is 1. The van der Waals surface area contributed by atoms with Crippen LogP contribution in [0.3, 0.4) is 0 Å². The number of aliphatic hydroxyl groups excluding tert-OH is 1. The van der Waals surface area contributed by atoms with Crippen molar-refractivity contribution in [3.05, 3.63) is 29.1 Å². The Bertz CT molecular complexity index is 412. The Morgan fingerprint density at radius 1 is 1.67 bits per heavy atom. The zero-order chi connectivity index (χ0) is 11.4. The van der Waals surface area contributed by atoms with Gasteiger partial charge in [0.2, 0.25) is 0 Å². The van der Waals surface area contributed by atoms with Gasteiger partial charge in [0.05, 0.1) is 12.4 Å². The maximum atomic E-state index is 13.4. The van der Waals surface area contributed by atoms with Crippen molar-refractivity contribution in [3.8, 4) is 0 Å². The number of aromatic nitrogens is 1. The molecule has 1 heterocycles. The van der Waals surface area contributed by atoms with Gasteiger partial charge in [0.25, 0.3) is 0 Å². The smallest absolute Gasteiger partial charge is 0.143 e. The number of aliphatic hydroxyl groups is 1. The van der Waals surface area contributed by atoms with Crippen molar-refractivity contribution in [2.24, 2.45) is 0 Å². The van der Waals surface area contributed by atoms with E-state index in [1.54, 1.807) is 6.92 Å². The Kier molecular flexibility index (Phi) is 3.74. The van der Waals surface area contributed by atoms with Crippen molar-refractivity contribution in [3.63, 3.8) is 0 Å². The average molecular weight is 211 g/mol. The standard InChI is InChI=1S/C10H14FN3O/c1-7(15)2-3-8-4-10(13)14(6-12)5-9(8)11/h4-7,12-13,15H,2-3H2,1H3. The normalized spacial score (nSPS) is 12.5. The van der Waals surface area contributed by atoms with E-state index in [-0.39, 0.29) is 5.49 Å². The summed E-state index contributed by atoms with van der Waals surface area (Å²) in [6.07, 6.45) is 2.36. The lowest BCUT2D eigenvalue weighted by atomic mass is 10.1. The molecule has 1 atom stereocenters. The summed E-state index contributed by atoms with van der Waals surface area (Å²) in [6, 6.07) is 1.38. The summed E-state index contributed by atoms with van der Waals surface area (Å²) in [5, 5.41) is 23.5. The van der Waals surface area contributed by atoms with Crippen LogP contribution in [-0.4, -0.2) is 22.1 Å². The van der Waals surface area contributed by atoms with Crippen molar-refractivity contribution < 1.29 is 9.50 Å². The summed E-state index contributed by atoms with van der Waals surface area (Å²) in [6.45, 7) is 1.64. The first-order chi connectivity index (χ1) is 7.04. The van der Waals surface area contributed by atoms with Crippen LogP contribution in [0.15, 0.2) is 12.3 Å². The molecule has 0 aliphatic carbocycles. The van der Waals surface area contributed by atoms with Gasteiger partial charge in [-0.3, -0.25) is 15.4 Å². The Balaban J connectivity index is 2.95. The van der Waals surface area contributed by atoms with Crippen LogP contribution >= 0.6 is 0 Å². The molecule has 0 bridgehead atoms. The number of aryl methyl sites for hydroxylation is 1. The van der Waals surface area contributed by atoms with Crippen molar-refractivity contribution >= 4 is 6.34 Å². The monoisotopic (exact) mass is 211 g/mol. The molecule has 4 nitrogen and oxygen atoms in total. The Hall–Kier alpha value is -1.49. The zero-order valence-electron chi connectivity index (χ0n) is 8.50. The minimum absolute atomic E-state index is 0.0620. The number of nitrogens with zero attached hydrogens (tertiary/aromatic N) is 1. The third-order valence-electron chi connectivity index (χ3n) is 2.12. The van der Waals surface area contributed by atoms with Crippen LogP contribution in [0.5, 0.6) is 0 Å². The van der Waals surface area contributed by atoms with E-state index in [1.165, 1.54) is 6.07 Å². The molecular weight excluding hydrogens is 197 g/mol. The maximum Gasteiger partial charge on any atom is 0.143 e. The van der Waals surface area contributed by atoms with Crippen LogP contribution in [-0.2, 0) is 6.42 Å². The van der Waals surface area contributed by atoms with Crippen LogP contribution in [0.1, 0.15) is 18.9 Å². The van der Waals surface area contributed by atoms with E-state index in [2.05, 4.69) is 0 Å². The predicted octanol–water partition coefficient (Wildman–Crippen LogP) is 0.875. The highest BCUT2D eigenvalue weighted by Gasteiger charge is 2.05. The van der Waals surface area contributed by atoms with Gasteiger partial charge in [-0.15, -0.1) is 0 Å². The van der Waals surface area contributed by atoms with Gasteiger partial charge < -0.3 is 5.11 Å². The zero-order valence-corrected chi connectivity index (χ0v) is 8.50. The molecule has 1 aromatic rings. The first-order valence-corrected chi connectivity index (χ1v) is 4.68. The van der Waals surface area contributed by atoms with Crippen LogP contribution in [0.2, 0.25) is 0 Å². The summed E-state index contributed by atoms with van der Waals surface area (Å²) in [5.41, 5.74) is 0.464. The third kappa shape index (κ3) is 2.99. The molecule has 82 valence electrons. The molecule has 0 amide bonds. The van der Waals surface area contributed by atoms with Gasteiger partial charge in [0, 0.05) is 6.20 Å². The average Bonchev–Trinajstić information content (AvgIpc) is 2.18. The van der Waals surface area contributed by atoms with E-state index in [0.717, 1.165) is 17.1 Å². The van der Waals surface area contributed by atoms with Gasteiger partial charge in [-0.1, -0.05) is 0 Å². The number of nitrogens with one attached hydrogen (secondary N) is 2. The van der Waals surface area contributed by atoms with Crippen LogP contribution in [0.25, 0.3) is 0 Å². The van der Waals surface area contributed by atoms with Gasteiger partial charge in [-0.05, 0) is 31.4 Å². The molecule has 1 rings (SSSR count). The van der Waals surface area contributed by atoms with Crippen molar-refractivity contribution in [2.45, 2.75) is 25.9 Å². The molecule has 5 heteroatoms. The van der Waals surface area contributed by atoms with E-state index in [9.17, 15) is 4.39 Å². The lowest BCUT2D eigenvalue weighted by Gasteiger charge is -2.07. The molecule has 0 saturated carbocycles. The molecule has 0 radical (unpaired) electrons. The SMILES string of the molecule is CC(O)CCc1cc(=N)n(C=N)cc1F. The molecule has 1 unspecified atom stereocenters. The summed E-state index contributed by atoms with van der Waals surface area (Å²) in [5.74, 6) is -0.449. The third-order valence-corrected chi connectivity index (χ3v) is 2.12. The highest BCUT2D eigenvalue weighted by molar-refractivity contribution is 5.53. The van der Waals surface area contributed by atoms with Gasteiger partial charge in [0.1, 0.15) is 11.3 Å². The van der Waals surface area contributed by atoms with Crippen LogP contribution < -0.4 is 5.49 Å². The summed E-state index contributed by atoms with van der Waals surface area (Å²) >= 11 is 0. The topological polar surface area (TPSA) is 72.9 Å². The van der Waals surface area contributed by atoms with E-state index in [1.807, 2.05) is 0 Å². The highest BCUT2D eigenvalue weighted by atomic mass is 19.1. The van der Waals surface area contributed by atoms with E-state index in [4.69, 9.17) is 15.9 Å². The number of halogens is 1. The molecule has 0 fully saturated rings. The molecular formula is C10H14FN3O. The van der Waals surface area contributed by atoms with Gasteiger partial charge in [0.15, 0.2) is 0 Å². The molecule has 3 N–H and O–H groups in total. The van der Waals surface area contributed by atoms with Gasteiger partial charge in [-0.2, -0.15) is 0 Å². The lowest BCUT2D eigenvalue weighted by molar-refractivity contribution is 0.184. The van der Waals surface area contributed by atoms with Gasteiger partial charge >= 0.3 is 0 Å². The first kappa shape index (κ1) is 11.6. The lowest BCUT2D eigenvalue weighted by Crippen LogP contribution is -2.20. The number of hydrogen-bond donors (Lipinski definition) is 3. The Morgan fingerprint density at radius 2 is 2.33 bits per heavy atom. The van der Waals surface area contributed by atoms with Crippen LogP contribution in [0.4, 0.5) is 4.39 Å². The second-order valence-corrected chi connectivity index (χ2v) is 3.46. The second kappa shape index (κ2) is 4.84. The molecule has 0 aliphatic rings. The summed E-state index contributed by atoms with van der Waals surface area (Å²) in [4.78, 5) is 0. The molecule has 0 aliphatic heterocycles. The minimum atomic E-state index is -0.478. The first-order valence-electron chi connectivity index (χ1n) is 4.68. The van der Waals surface area contributed by atoms with Crippen molar-refractivity contribution in [2.75, 3.05) is 0 Å². The molecule has 1 aromatic heterocycles. The molecule has 15 heavy (non-hydrogen) atoms. The molecule has 0 aromatic carbocycles. The summed E-state index contributed by atoms with van der Waals surface area (Å²) < 4.78 is 14.5. The predicted molar refractivity (Wildman–Crippen MR) is 54.4 cm³/mol. The summed E-state index contributed by atoms with van der Waals surface area (Å²) in [7, 11) is 0. The Morgan fingerprint density at radius 3 is 2.87 bits per heavy atom. The Labute approximate surface area is 87.0 Å². The fraction of sp³-hybridized carbons (Fsp3) is 0.400. The maximum absolute atomic E-state index is 13.4. The second-order valence-electron chi connectivity index (χ2n) is 3.46. The largest absolute Gasteiger partial charge is 0.393 e. The van der Waals surface area contributed by atoms with E-state index in [0.29, 0.717) is 18.4 Å². The minimum Gasteiger partial charge on any atom is -0.393 e. The quantitative estimate of drug-likeness (QED) is 0.502. The van der Waals surface area contributed by atoms with Gasteiger partial charge in [-0.25, -0.2) is 4.39 Å². The fourth-order valence-corrected chi connectivity index (χ4v) is 1.25. The van der Waals surface area contributed by atoms with Crippen LogP contribution in [0, 0.1) is 16.6 Å². The van der Waals surface area contributed by atoms with E-state index >= 15 is 0 Å². The fourth-order valence-electron chi connectivity index (χ4n) is 1.25. The molecule has 0 saturated heterocycles.